The number of rotatable bonds is 4. The second-order valence-electron chi connectivity index (χ2n) is 6.46. The molecule has 2 heterocycles. The van der Waals surface area contributed by atoms with E-state index in [1.54, 1.807) is 0 Å². The third-order valence-corrected chi connectivity index (χ3v) is 5.00. The number of hydrogen-bond donors (Lipinski definition) is 1. The van der Waals surface area contributed by atoms with E-state index in [1.165, 1.54) is 23.4 Å². The largest absolute Gasteiger partial charge is 0.368 e. The standard InChI is InChI=1S/C16H27N3S/c1-5-14-12-19(8-9-20-14)15-11-17-7-6-13(15)10-18-16(2,3)4/h6-7,11,14,18H,5,8-10,12H2,1-4H3. The highest BCUT2D eigenvalue weighted by molar-refractivity contribution is 8.00. The average Bonchev–Trinajstić information content (AvgIpc) is 2.45. The Hall–Kier alpha value is -0.740. The van der Waals surface area contributed by atoms with E-state index < -0.39 is 0 Å². The first-order chi connectivity index (χ1) is 9.49. The van der Waals surface area contributed by atoms with Crippen LogP contribution in [0.4, 0.5) is 5.69 Å². The van der Waals surface area contributed by atoms with Crippen LogP contribution in [-0.4, -0.2) is 34.6 Å². The summed E-state index contributed by atoms with van der Waals surface area (Å²) in [5.41, 5.74) is 2.81. The molecular weight excluding hydrogens is 266 g/mol. The molecule has 1 aromatic heterocycles. The van der Waals surface area contributed by atoms with Gasteiger partial charge >= 0.3 is 0 Å². The molecule has 1 atom stereocenters. The van der Waals surface area contributed by atoms with Crippen LogP contribution in [0.25, 0.3) is 0 Å². The predicted octanol–water partition coefficient (Wildman–Crippen LogP) is 3.30. The topological polar surface area (TPSA) is 28.2 Å². The Balaban J connectivity index is 2.10. The minimum atomic E-state index is 0.143. The maximum Gasteiger partial charge on any atom is 0.0599 e. The summed E-state index contributed by atoms with van der Waals surface area (Å²) in [5, 5.41) is 4.34. The van der Waals surface area contributed by atoms with Crippen LogP contribution >= 0.6 is 11.8 Å². The van der Waals surface area contributed by atoms with Crippen molar-refractivity contribution in [2.24, 2.45) is 0 Å². The van der Waals surface area contributed by atoms with E-state index in [2.05, 4.69) is 60.7 Å². The van der Waals surface area contributed by atoms with Gasteiger partial charge in [0.2, 0.25) is 0 Å². The first-order valence-corrected chi connectivity index (χ1v) is 8.59. The van der Waals surface area contributed by atoms with Crippen molar-refractivity contribution in [2.75, 3.05) is 23.7 Å². The van der Waals surface area contributed by atoms with E-state index in [4.69, 9.17) is 0 Å². The van der Waals surface area contributed by atoms with Crippen LogP contribution < -0.4 is 10.2 Å². The first-order valence-electron chi connectivity index (χ1n) is 7.54. The summed E-state index contributed by atoms with van der Waals surface area (Å²) >= 11 is 2.11. The van der Waals surface area contributed by atoms with E-state index in [0.29, 0.717) is 0 Å². The fourth-order valence-electron chi connectivity index (χ4n) is 2.39. The smallest absolute Gasteiger partial charge is 0.0599 e. The van der Waals surface area contributed by atoms with Crippen molar-refractivity contribution in [1.82, 2.24) is 10.3 Å². The van der Waals surface area contributed by atoms with Gasteiger partial charge in [0.25, 0.3) is 0 Å². The normalized spacial score (nSPS) is 20.2. The number of pyridine rings is 1. The average molecular weight is 293 g/mol. The van der Waals surface area contributed by atoms with E-state index in [0.717, 1.165) is 24.9 Å². The zero-order chi connectivity index (χ0) is 14.6. The second-order valence-corrected chi connectivity index (χ2v) is 7.86. The summed E-state index contributed by atoms with van der Waals surface area (Å²) < 4.78 is 0. The van der Waals surface area contributed by atoms with E-state index in [-0.39, 0.29) is 5.54 Å². The summed E-state index contributed by atoms with van der Waals surface area (Å²) in [7, 11) is 0. The monoisotopic (exact) mass is 293 g/mol. The molecule has 112 valence electrons. The van der Waals surface area contributed by atoms with E-state index in [9.17, 15) is 0 Å². The fraction of sp³-hybridized carbons (Fsp3) is 0.688. The lowest BCUT2D eigenvalue weighted by Crippen LogP contribution is -2.39. The Bertz CT molecular complexity index is 428. The van der Waals surface area contributed by atoms with Gasteiger partial charge in [-0.2, -0.15) is 11.8 Å². The Morgan fingerprint density at radius 1 is 1.45 bits per heavy atom. The lowest BCUT2D eigenvalue weighted by atomic mass is 10.1. The number of thioether (sulfide) groups is 1. The molecule has 1 aliphatic heterocycles. The van der Waals surface area contributed by atoms with Crippen LogP contribution in [-0.2, 0) is 6.54 Å². The van der Waals surface area contributed by atoms with Crippen LogP contribution in [0.1, 0.15) is 39.7 Å². The molecule has 0 aromatic carbocycles. The highest BCUT2D eigenvalue weighted by Crippen LogP contribution is 2.27. The summed E-state index contributed by atoms with van der Waals surface area (Å²) in [6.07, 6.45) is 5.18. The summed E-state index contributed by atoms with van der Waals surface area (Å²) in [5.74, 6) is 1.22. The molecule has 20 heavy (non-hydrogen) atoms. The van der Waals surface area contributed by atoms with Crippen LogP contribution in [0.15, 0.2) is 18.5 Å². The highest BCUT2D eigenvalue weighted by atomic mass is 32.2. The molecule has 1 aromatic rings. The molecule has 2 rings (SSSR count). The van der Waals surface area contributed by atoms with Crippen molar-refractivity contribution in [3.8, 4) is 0 Å². The Morgan fingerprint density at radius 3 is 2.95 bits per heavy atom. The zero-order valence-electron chi connectivity index (χ0n) is 13.1. The van der Waals surface area contributed by atoms with Crippen molar-refractivity contribution in [2.45, 2.75) is 51.4 Å². The summed E-state index contributed by atoms with van der Waals surface area (Å²) in [6, 6.07) is 2.15. The van der Waals surface area contributed by atoms with Crippen LogP contribution in [0.3, 0.4) is 0 Å². The maximum absolute atomic E-state index is 4.34. The second kappa shape index (κ2) is 6.81. The van der Waals surface area contributed by atoms with Crippen LogP contribution in [0.2, 0.25) is 0 Å². The Morgan fingerprint density at radius 2 is 2.25 bits per heavy atom. The van der Waals surface area contributed by atoms with Crippen molar-refractivity contribution >= 4 is 17.4 Å². The van der Waals surface area contributed by atoms with E-state index >= 15 is 0 Å². The molecule has 1 unspecified atom stereocenters. The first kappa shape index (κ1) is 15.6. The molecule has 0 amide bonds. The number of nitrogens with one attached hydrogen (secondary N) is 1. The lowest BCUT2D eigenvalue weighted by molar-refractivity contribution is 0.424. The molecule has 0 bridgehead atoms. The minimum Gasteiger partial charge on any atom is -0.368 e. The van der Waals surface area contributed by atoms with Gasteiger partial charge in [0, 0.05) is 42.4 Å². The highest BCUT2D eigenvalue weighted by Gasteiger charge is 2.21. The van der Waals surface area contributed by atoms with Crippen LogP contribution in [0, 0.1) is 0 Å². The minimum absolute atomic E-state index is 0.143. The van der Waals surface area contributed by atoms with Crippen molar-refractivity contribution in [3.63, 3.8) is 0 Å². The molecule has 0 aliphatic carbocycles. The maximum atomic E-state index is 4.34. The number of anilines is 1. The molecule has 1 aliphatic rings. The predicted molar refractivity (Wildman–Crippen MR) is 89.6 cm³/mol. The molecule has 0 saturated carbocycles. The lowest BCUT2D eigenvalue weighted by Gasteiger charge is -2.35. The van der Waals surface area contributed by atoms with Gasteiger partial charge in [0.15, 0.2) is 0 Å². The number of nitrogens with zero attached hydrogens (tertiary/aromatic N) is 2. The quantitative estimate of drug-likeness (QED) is 0.922. The SMILES string of the molecule is CCC1CN(c2cnccc2CNC(C)(C)C)CCS1. The summed E-state index contributed by atoms with van der Waals surface area (Å²) in [6.45, 7) is 12.1. The van der Waals surface area contributed by atoms with Crippen molar-refractivity contribution in [3.05, 3.63) is 24.0 Å². The van der Waals surface area contributed by atoms with Gasteiger partial charge in [-0.1, -0.05) is 6.92 Å². The van der Waals surface area contributed by atoms with Gasteiger partial charge in [-0.15, -0.1) is 0 Å². The molecular formula is C16H27N3S. The summed E-state index contributed by atoms with van der Waals surface area (Å²) in [4.78, 5) is 6.85. The molecule has 1 N–H and O–H groups in total. The number of aromatic nitrogens is 1. The zero-order valence-corrected chi connectivity index (χ0v) is 14.0. The van der Waals surface area contributed by atoms with Gasteiger partial charge in [-0.25, -0.2) is 0 Å². The Labute approximate surface area is 127 Å². The third-order valence-electron chi connectivity index (χ3n) is 3.63. The molecule has 3 nitrogen and oxygen atoms in total. The van der Waals surface area contributed by atoms with Gasteiger partial charge in [0.1, 0.15) is 0 Å². The molecule has 4 heteroatoms. The molecule has 1 fully saturated rings. The van der Waals surface area contributed by atoms with Gasteiger partial charge < -0.3 is 10.2 Å². The van der Waals surface area contributed by atoms with Gasteiger partial charge in [-0.3, -0.25) is 4.98 Å². The van der Waals surface area contributed by atoms with Crippen molar-refractivity contribution in [1.29, 1.82) is 0 Å². The Kier molecular flexibility index (Phi) is 5.33. The molecule has 1 saturated heterocycles. The van der Waals surface area contributed by atoms with Gasteiger partial charge in [0.05, 0.1) is 11.9 Å². The third kappa shape index (κ3) is 4.38. The molecule has 0 radical (unpaired) electrons. The number of hydrogen-bond acceptors (Lipinski definition) is 4. The molecule has 0 spiro atoms. The van der Waals surface area contributed by atoms with E-state index in [1.807, 2.05) is 12.4 Å². The van der Waals surface area contributed by atoms with Crippen molar-refractivity contribution < 1.29 is 0 Å². The van der Waals surface area contributed by atoms with Crippen LogP contribution in [0.5, 0.6) is 0 Å². The fourth-order valence-corrected chi connectivity index (χ4v) is 3.57. The van der Waals surface area contributed by atoms with Gasteiger partial charge in [-0.05, 0) is 38.8 Å².